The molecule has 3 rings (SSSR count). The van der Waals surface area contributed by atoms with Gasteiger partial charge in [-0.3, -0.25) is 19.3 Å². The molecule has 0 aromatic heterocycles. The zero-order valence-electron chi connectivity index (χ0n) is 12.8. The molecule has 0 bridgehead atoms. The van der Waals surface area contributed by atoms with Crippen LogP contribution in [-0.4, -0.2) is 39.8 Å². The summed E-state index contributed by atoms with van der Waals surface area (Å²) in [6, 6.07) is 4.13. The molecule has 8 heteroatoms. The third kappa shape index (κ3) is 3.55. The Hall–Kier alpha value is -1.24. The van der Waals surface area contributed by atoms with E-state index in [1.807, 2.05) is 0 Å². The fraction of sp³-hybridized carbons (Fsp3) is 0.438. The summed E-state index contributed by atoms with van der Waals surface area (Å²) in [5.74, 6) is -0.348. The maximum atomic E-state index is 12.6. The normalized spacial score (nSPS) is 24.3. The second-order valence-corrected chi connectivity index (χ2v) is 7.64. The van der Waals surface area contributed by atoms with E-state index in [4.69, 9.17) is 23.2 Å². The first-order valence-electron chi connectivity index (χ1n) is 7.72. The predicted octanol–water partition coefficient (Wildman–Crippen LogP) is 3.73. The summed E-state index contributed by atoms with van der Waals surface area (Å²) in [4.78, 5) is 37.9. The van der Waals surface area contributed by atoms with Gasteiger partial charge in [0.05, 0.1) is 28.4 Å². The van der Waals surface area contributed by atoms with Crippen LogP contribution < -0.4 is 5.32 Å². The number of nitrogens with zero attached hydrogens (tertiary/aromatic N) is 1. The highest BCUT2D eigenvalue weighted by Crippen LogP contribution is 2.30. The number of hydrogen-bond donors (Lipinski definition) is 1. The summed E-state index contributed by atoms with van der Waals surface area (Å²) in [7, 11) is 0. The minimum atomic E-state index is -0.342. The molecule has 2 aliphatic rings. The van der Waals surface area contributed by atoms with Gasteiger partial charge in [0.15, 0.2) is 0 Å². The average molecular weight is 387 g/mol. The van der Waals surface area contributed by atoms with Crippen LogP contribution in [0.25, 0.3) is 0 Å². The third-order valence-corrected chi connectivity index (χ3v) is 5.73. The van der Waals surface area contributed by atoms with Crippen molar-refractivity contribution >= 4 is 52.0 Å². The lowest BCUT2D eigenvalue weighted by molar-refractivity contribution is -0.127. The number of rotatable bonds is 3. The van der Waals surface area contributed by atoms with Crippen molar-refractivity contribution in [3.63, 3.8) is 0 Å². The highest BCUT2D eigenvalue weighted by atomic mass is 35.5. The van der Waals surface area contributed by atoms with Gasteiger partial charge in [-0.2, -0.15) is 0 Å². The minimum Gasteiger partial charge on any atom is -0.347 e. The van der Waals surface area contributed by atoms with Crippen molar-refractivity contribution in [3.8, 4) is 0 Å². The van der Waals surface area contributed by atoms with Crippen molar-refractivity contribution in [2.75, 3.05) is 5.75 Å². The van der Waals surface area contributed by atoms with Crippen molar-refractivity contribution in [3.05, 3.63) is 33.8 Å². The van der Waals surface area contributed by atoms with E-state index in [1.165, 1.54) is 11.0 Å². The molecule has 0 spiro atoms. The zero-order chi connectivity index (χ0) is 17.3. The summed E-state index contributed by atoms with van der Waals surface area (Å²) in [6.45, 7) is 0. The first kappa shape index (κ1) is 17.6. The molecular weight excluding hydrogens is 371 g/mol. The van der Waals surface area contributed by atoms with E-state index >= 15 is 0 Å². The fourth-order valence-corrected chi connectivity index (χ4v) is 4.33. The summed E-state index contributed by atoms with van der Waals surface area (Å²) < 4.78 is 0. The van der Waals surface area contributed by atoms with Crippen LogP contribution >= 0.6 is 35.0 Å². The Bertz CT molecular complexity index is 682. The molecule has 0 unspecified atom stereocenters. The highest BCUT2D eigenvalue weighted by Gasteiger charge is 2.41. The summed E-state index contributed by atoms with van der Waals surface area (Å²) in [5.41, 5.74) is 0.293. The van der Waals surface area contributed by atoms with E-state index in [1.54, 1.807) is 12.1 Å². The van der Waals surface area contributed by atoms with Gasteiger partial charge >= 0.3 is 0 Å². The number of carbonyl (C=O) groups is 3. The van der Waals surface area contributed by atoms with Gasteiger partial charge in [0.25, 0.3) is 11.1 Å². The molecule has 1 saturated heterocycles. The molecule has 2 fully saturated rings. The first-order valence-corrected chi connectivity index (χ1v) is 9.46. The van der Waals surface area contributed by atoms with Crippen LogP contribution in [0.15, 0.2) is 18.2 Å². The van der Waals surface area contributed by atoms with E-state index in [0.29, 0.717) is 22.0 Å². The maximum Gasteiger partial charge on any atom is 0.289 e. The van der Waals surface area contributed by atoms with Crippen LogP contribution in [-0.2, 0) is 4.79 Å². The van der Waals surface area contributed by atoms with Crippen molar-refractivity contribution in [2.45, 2.75) is 37.8 Å². The van der Waals surface area contributed by atoms with Crippen molar-refractivity contribution in [2.24, 2.45) is 0 Å². The van der Waals surface area contributed by atoms with Crippen molar-refractivity contribution in [1.29, 1.82) is 0 Å². The van der Waals surface area contributed by atoms with E-state index in [0.717, 1.165) is 31.0 Å². The van der Waals surface area contributed by atoms with E-state index in [9.17, 15) is 14.4 Å². The second kappa shape index (κ2) is 7.33. The number of nitrogens with one attached hydrogen (secondary N) is 1. The second-order valence-electron chi connectivity index (χ2n) is 5.87. The maximum absolute atomic E-state index is 12.6. The lowest BCUT2D eigenvalue weighted by atomic mass is 9.89. The molecule has 1 N–H and O–H groups in total. The number of carbonyl (C=O) groups excluding carboxylic acids is 3. The molecule has 2 atom stereocenters. The van der Waals surface area contributed by atoms with Crippen LogP contribution in [0, 0.1) is 0 Å². The Morgan fingerprint density at radius 2 is 1.96 bits per heavy atom. The quantitative estimate of drug-likeness (QED) is 0.858. The monoisotopic (exact) mass is 386 g/mol. The number of amides is 3. The van der Waals surface area contributed by atoms with Crippen LogP contribution in [0.3, 0.4) is 0 Å². The van der Waals surface area contributed by atoms with E-state index < -0.39 is 0 Å². The molecule has 3 amide bonds. The smallest absolute Gasteiger partial charge is 0.289 e. The topological polar surface area (TPSA) is 66.5 Å². The molecule has 24 heavy (non-hydrogen) atoms. The van der Waals surface area contributed by atoms with Gasteiger partial charge in [-0.05, 0) is 31.0 Å². The van der Waals surface area contributed by atoms with Gasteiger partial charge in [0.1, 0.15) is 0 Å². The van der Waals surface area contributed by atoms with Crippen molar-refractivity contribution in [1.82, 2.24) is 10.2 Å². The third-order valence-electron chi connectivity index (χ3n) is 4.34. The first-order chi connectivity index (χ1) is 11.5. The Labute approximate surface area is 154 Å². The van der Waals surface area contributed by atoms with Gasteiger partial charge in [-0.25, -0.2) is 0 Å². The number of benzene rings is 1. The molecule has 1 aliphatic carbocycles. The summed E-state index contributed by atoms with van der Waals surface area (Å²) in [5, 5.41) is 3.44. The van der Waals surface area contributed by atoms with E-state index in [-0.39, 0.29) is 34.9 Å². The van der Waals surface area contributed by atoms with Crippen LogP contribution in [0.4, 0.5) is 4.79 Å². The Kier molecular flexibility index (Phi) is 5.37. The average Bonchev–Trinajstić information content (AvgIpc) is 2.89. The largest absolute Gasteiger partial charge is 0.347 e. The Balaban J connectivity index is 1.79. The van der Waals surface area contributed by atoms with Gasteiger partial charge in [0, 0.05) is 5.02 Å². The molecule has 1 aromatic carbocycles. The lowest BCUT2D eigenvalue weighted by Crippen LogP contribution is -2.54. The Morgan fingerprint density at radius 1 is 1.21 bits per heavy atom. The van der Waals surface area contributed by atoms with Crippen molar-refractivity contribution < 1.29 is 14.4 Å². The molecule has 1 saturated carbocycles. The number of imide groups is 1. The standard InChI is InChI=1S/C16H16Cl2N2O3S/c17-9-5-6-11(18)10(7-9)15(22)19-12-3-1-2-4-13(12)20-14(21)8-24-16(20)23/h5-7,12-13H,1-4,8H2,(H,19,22)/t12-,13+/m1/s1. The Morgan fingerprint density at radius 3 is 2.67 bits per heavy atom. The van der Waals surface area contributed by atoms with E-state index in [2.05, 4.69) is 5.32 Å². The number of thioether (sulfide) groups is 1. The summed E-state index contributed by atoms with van der Waals surface area (Å²) in [6.07, 6.45) is 3.29. The zero-order valence-corrected chi connectivity index (χ0v) is 15.1. The molecular formula is C16H16Cl2N2O3S. The molecule has 0 radical (unpaired) electrons. The lowest BCUT2D eigenvalue weighted by Gasteiger charge is -2.36. The molecule has 1 heterocycles. The molecule has 5 nitrogen and oxygen atoms in total. The SMILES string of the molecule is O=C(N[C@@H]1CCCC[C@@H]1N1C(=O)CSC1=O)c1cc(Cl)ccc1Cl. The predicted molar refractivity (Wildman–Crippen MR) is 94.7 cm³/mol. The van der Waals surface area contributed by atoms with Gasteiger partial charge in [-0.1, -0.05) is 47.8 Å². The number of halogens is 2. The van der Waals surface area contributed by atoms with Crippen LogP contribution in [0.1, 0.15) is 36.0 Å². The minimum absolute atomic E-state index is 0.177. The van der Waals surface area contributed by atoms with Gasteiger partial charge in [-0.15, -0.1) is 0 Å². The highest BCUT2D eigenvalue weighted by molar-refractivity contribution is 8.14. The fourth-order valence-electron chi connectivity index (χ4n) is 3.19. The van der Waals surface area contributed by atoms with Crippen LogP contribution in [0.5, 0.6) is 0 Å². The summed E-state index contributed by atoms with van der Waals surface area (Å²) >= 11 is 13.0. The molecule has 1 aromatic rings. The van der Waals surface area contributed by atoms with Crippen LogP contribution in [0.2, 0.25) is 10.0 Å². The van der Waals surface area contributed by atoms with Gasteiger partial charge in [0.2, 0.25) is 5.91 Å². The number of hydrogen-bond acceptors (Lipinski definition) is 4. The van der Waals surface area contributed by atoms with Gasteiger partial charge < -0.3 is 5.32 Å². The molecule has 1 aliphatic heterocycles. The molecule has 128 valence electrons.